The number of hydrogen-bond donors (Lipinski definition) is 0. The molecule has 0 amide bonds. The van der Waals surface area contributed by atoms with Crippen LogP contribution in [-0.4, -0.2) is 34.5 Å². The number of hydrogen-bond acceptors (Lipinski definition) is 5. The van der Waals surface area contributed by atoms with E-state index in [1.54, 1.807) is 12.1 Å². The lowest BCUT2D eigenvalue weighted by molar-refractivity contribution is -0.384. The van der Waals surface area contributed by atoms with Gasteiger partial charge in [-0.15, -0.1) is 0 Å². The second kappa shape index (κ2) is 6.58. The number of benzene rings is 2. The van der Waals surface area contributed by atoms with Crippen LogP contribution in [0.4, 0.5) is 11.4 Å². The van der Waals surface area contributed by atoms with Gasteiger partial charge in [0.1, 0.15) is 17.2 Å². The Kier molecular flexibility index (Phi) is 4.91. The molecule has 8 heteroatoms. The third-order valence-corrected chi connectivity index (χ3v) is 4.43. The SMILES string of the molecule is C[N+](C)(C)c1cccc(CS(=O)(=O)Oc2ccc([N+](=O)[O-])cc2)c1. The fourth-order valence-corrected chi connectivity index (χ4v) is 3.12. The summed E-state index contributed by atoms with van der Waals surface area (Å²) in [6.45, 7) is 0. The first-order chi connectivity index (χ1) is 11.1. The molecule has 0 aliphatic rings. The lowest BCUT2D eigenvalue weighted by Crippen LogP contribution is -2.34. The smallest absolute Gasteiger partial charge is 0.313 e. The largest absolute Gasteiger partial charge is 0.382 e. The van der Waals surface area contributed by atoms with Gasteiger partial charge in [0.05, 0.1) is 26.1 Å². The van der Waals surface area contributed by atoms with Gasteiger partial charge in [0.2, 0.25) is 0 Å². The highest BCUT2D eigenvalue weighted by Gasteiger charge is 2.18. The lowest BCUT2D eigenvalue weighted by atomic mass is 10.2. The van der Waals surface area contributed by atoms with Crippen LogP contribution in [0.5, 0.6) is 5.75 Å². The third kappa shape index (κ3) is 4.77. The summed E-state index contributed by atoms with van der Waals surface area (Å²) in [4.78, 5) is 10.0. The predicted molar refractivity (Wildman–Crippen MR) is 92.4 cm³/mol. The zero-order chi connectivity index (χ0) is 18.0. The van der Waals surface area contributed by atoms with Crippen molar-refractivity contribution in [1.29, 1.82) is 0 Å². The van der Waals surface area contributed by atoms with E-state index in [0.717, 1.165) is 5.69 Å². The Morgan fingerprint density at radius 1 is 1.08 bits per heavy atom. The van der Waals surface area contributed by atoms with Crippen molar-refractivity contribution < 1.29 is 17.5 Å². The second-order valence-corrected chi connectivity index (χ2v) is 7.79. The van der Waals surface area contributed by atoms with Gasteiger partial charge in [-0.1, -0.05) is 12.1 Å². The summed E-state index contributed by atoms with van der Waals surface area (Å²) >= 11 is 0. The number of nitrogens with zero attached hydrogens (tertiary/aromatic N) is 2. The van der Waals surface area contributed by atoms with Crippen molar-refractivity contribution in [2.75, 3.05) is 21.1 Å². The van der Waals surface area contributed by atoms with E-state index in [2.05, 4.69) is 0 Å². The molecule has 0 unspecified atom stereocenters. The average molecular weight is 351 g/mol. The van der Waals surface area contributed by atoms with Gasteiger partial charge in [-0.3, -0.25) is 14.6 Å². The molecular weight excluding hydrogens is 332 g/mol. The second-order valence-electron chi connectivity index (χ2n) is 6.22. The Hall–Kier alpha value is -2.45. The third-order valence-electron chi connectivity index (χ3n) is 3.30. The first-order valence-electron chi connectivity index (χ1n) is 7.14. The number of quaternary nitrogens is 1. The van der Waals surface area contributed by atoms with Gasteiger partial charge >= 0.3 is 10.1 Å². The van der Waals surface area contributed by atoms with Crippen LogP contribution in [0.1, 0.15) is 5.56 Å². The molecule has 2 aromatic rings. The Morgan fingerprint density at radius 3 is 2.25 bits per heavy atom. The summed E-state index contributed by atoms with van der Waals surface area (Å²) < 4.78 is 30.0. The average Bonchev–Trinajstić information content (AvgIpc) is 2.46. The molecule has 0 saturated heterocycles. The number of nitro benzene ring substituents is 1. The standard InChI is InChI=1S/C16H19N2O5S/c1-18(2,3)15-6-4-5-13(11-15)12-24(21,22)23-16-9-7-14(8-10-16)17(19)20/h4-11H,12H2,1-3H3/q+1. The molecule has 2 rings (SSSR count). The number of nitro groups is 1. The molecule has 0 aliphatic heterocycles. The van der Waals surface area contributed by atoms with E-state index in [4.69, 9.17) is 4.18 Å². The van der Waals surface area contributed by atoms with Crippen LogP contribution in [0.2, 0.25) is 0 Å². The van der Waals surface area contributed by atoms with Gasteiger partial charge in [-0.25, -0.2) is 0 Å². The van der Waals surface area contributed by atoms with Crippen molar-refractivity contribution in [3.63, 3.8) is 0 Å². The number of rotatable bonds is 6. The summed E-state index contributed by atoms with van der Waals surface area (Å²) in [5.74, 6) is -0.235. The molecule has 0 atom stereocenters. The van der Waals surface area contributed by atoms with Crippen LogP contribution in [0, 0.1) is 10.1 Å². The summed E-state index contributed by atoms with van der Waals surface area (Å²) in [5.41, 5.74) is 1.45. The number of non-ortho nitro benzene ring substituents is 1. The Labute approximate surface area is 141 Å². The van der Waals surface area contributed by atoms with Crippen LogP contribution >= 0.6 is 0 Å². The van der Waals surface area contributed by atoms with Gasteiger partial charge in [0.25, 0.3) is 5.69 Å². The van der Waals surface area contributed by atoms with Gasteiger partial charge in [0, 0.05) is 18.2 Å². The molecule has 0 spiro atoms. The first kappa shape index (κ1) is 17.9. The molecule has 0 aliphatic carbocycles. The van der Waals surface area contributed by atoms with E-state index < -0.39 is 15.0 Å². The predicted octanol–water partition coefficient (Wildman–Crippen LogP) is 2.70. The minimum atomic E-state index is -3.86. The van der Waals surface area contributed by atoms with Gasteiger partial charge in [0.15, 0.2) is 0 Å². The topological polar surface area (TPSA) is 86.5 Å². The van der Waals surface area contributed by atoms with E-state index in [1.807, 2.05) is 33.3 Å². The maximum Gasteiger partial charge on any atom is 0.313 e. The molecule has 2 aromatic carbocycles. The quantitative estimate of drug-likeness (QED) is 0.346. The van der Waals surface area contributed by atoms with Crippen molar-refractivity contribution in [2.24, 2.45) is 0 Å². The fraction of sp³-hybridized carbons (Fsp3) is 0.250. The molecule has 0 N–H and O–H groups in total. The van der Waals surface area contributed by atoms with Gasteiger partial charge in [-0.2, -0.15) is 8.42 Å². The molecule has 7 nitrogen and oxygen atoms in total. The zero-order valence-electron chi connectivity index (χ0n) is 13.7. The van der Waals surface area contributed by atoms with Gasteiger partial charge in [-0.05, 0) is 23.8 Å². The van der Waals surface area contributed by atoms with E-state index in [-0.39, 0.29) is 17.2 Å². The summed E-state index contributed by atoms with van der Waals surface area (Å²) in [6, 6.07) is 12.2. The Bertz CT molecular complexity index is 840. The van der Waals surface area contributed by atoms with Crippen LogP contribution in [-0.2, 0) is 15.9 Å². The lowest BCUT2D eigenvalue weighted by Gasteiger charge is -2.23. The van der Waals surface area contributed by atoms with E-state index in [0.29, 0.717) is 10.0 Å². The molecule has 0 heterocycles. The van der Waals surface area contributed by atoms with Crippen LogP contribution < -0.4 is 8.67 Å². The maximum atomic E-state index is 12.2. The molecular formula is C16H19N2O5S+. The molecule has 24 heavy (non-hydrogen) atoms. The van der Waals surface area contributed by atoms with Crippen molar-refractivity contribution in [2.45, 2.75) is 5.75 Å². The van der Waals surface area contributed by atoms with E-state index in [1.165, 1.54) is 24.3 Å². The van der Waals surface area contributed by atoms with Gasteiger partial charge < -0.3 is 4.18 Å². The molecule has 128 valence electrons. The fourth-order valence-electron chi connectivity index (χ4n) is 2.07. The highest BCUT2D eigenvalue weighted by Crippen LogP contribution is 2.22. The van der Waals surface area contributed by atoms with Crippen molar-refractivity contribution >= 4 is 21.5 Å². The van der Waals surface area contributed by atoms with Crippen LogP contribution in [0.25, 0.3) is 0 Å². The molecule has 0 saturated carbocycles. The highest BCUT2D eigenvalue weighted by molar-refractivity contribution is 7.86. The molecule has 0 bridgehead atoms. The molecule has 0 fully saturated rings. The van der Waals surface area contributed by atoms with Crippen LogP contribution in [0.3, 0.4) is 0 Å². The first-order valence-corrected chi connectivity index (χ1v) is 8.72. The van der Waals surface area contributed by atoms with Crippen molar-refractivity contribution in [3.05, 3.63) is 64.2 Å². The monoisotopic (exact) mass is 351 g/mol. The minimum absolute atomic E-state index is 0.0448. The van der Waals surface area contributed by atoms with Crippen LogP contribution in [0.15, 0.2) is 48.5 Å². The zero-order valence-corrected chi connectivity index (χ0v) is 14.5. The minimum Gasteiger partial charge on any atom is -0.382 e. The molecule has 0 aromatic heterocycles. The highest BCUT2D eigenvalue weighted by atomic mass is 32.2. The van der Waals surface area contributed by atoms with E-state index >= 15 is 0 Å². The summed E-state index contributed by atoms with van der Waals surface area (Å²) in [5, 5.41) is 10.6. The molecule has 0 radical (unpaired) electrons. The van der Waals surface area contributed by atoms with Crippen molar-refractivity contribution in [1.82, 2.24) is 4.48 Å². The van der Waals surface area contributed by atoms with Crippen molar-refractivity contribution in [3.8, 4) is 5.75 Å². The maximum absolute atomic E-state index is 12.2. The Balaban J connectivity index is 2.15. The summed E-state index contributed by atoms with van der Waals surface area (Å²) in [6.07, 6.45) is 0. The summed E-state index contributed by atoms with van der Waals surface area (Å²) in [7, 11) is 2.10. The Morgan fingerprint density at radius 2 is 1.71 bits per heavy atom. The normalized spacial score (nSPS) is 12.0. The van der Waals surface area contributed by atoms with E-state index in [9.17, 15) is 18.5 Å².